The minimum Gasteiger partial charge on any atom is -0.345 e. The Morgan fingerprint density at radius 3 is 2.35 bits per heavy atom. The van der Waals surface area contributed by atoms with Crippen LogP contribution in [0.15, 0.2) is 51.4 Å². The molecule has 0 radical (unpaired) electrons. The summed E-state index contributed by atoms with van der Waals surface area (Å²) in [5, 5.41) is 3.02. The Morgan fingerprint density at radius 2 is 1.70 bits per heavy atom. The van der Waals surface area contributed by atoms with E-state index in [1.165, 1.54) is 0 Å². The van der Waals surface area contributed by atoms with Gasteiger partial charge >= 0.3 is 0 Å². The Morgan fingerprint density at radius 1 is 1.10 bits per heavy atom. The topological polar surface area (TPSA) is 29.1 Å². The lowest BCUT2D eigenvalue weighted by molar-refractivity contribution is 0.0939. The minimum atomic E-state index is -0.0638. The van der Waals surface area contributed by atoms with Gasteiger partial charge in [-0.15, -0.1) is 0 Å². The van der Waals surface area contributed by atoms with E-state index in [1.54, 1.807) is 0 Å². The van der Waals surface area contributed by atoms with Gasteiger partial charge in [0.15, 0.2) is 0 Å². The number of rotatable bonds is 3. The molecule has 1 atom stereocenters. The minimum absolute atomic E-state index is 0.0367. The van der Waals surface area contributed by atoms with E-state index in [0.717, 1.165) is 18.1 Å². The Bertz CT molecular complexity index is 628. The van der Waals surface area contributed by atoms with E-state index in [-0.39, 0.29) is 11.9 Å². The first-order valence-electron chi connectivity index (χ1n) is 5.99. The molecule has 20 heavy (non-hydrogen) atoms. The molecule has 1 amide bonds. The van der Waals surface area contributed by atoms with Crippen molar-refractivity contribution in [3.63, 3.8) is 0 Å². The summed E-state index contributed by atoms with van der Waals surface area (Å²) < 4.78 is 2.87. The third-order valence-corrected chi connectivity index (χ3v) is 4.85. The smallest absolute Gasteiger partial charge is 0.252 e. The number of benzene rings is 2. The molecule has 0 aromatic heterocycles. The molecule has 0 bridgehead atoms. The van der Waals surface area contributed by atoms with Crippen LogP contribution in [-0.2, 0) is 0 Å². The van der Waals surface area contributed by atoms with Gasteiger partial charge in [-0.05, 0) is 65.4 Å². The molecule has 0 spiro atoms. The molecule has 104 valence electrons. The summed E-state index contributed by atoms with van der Waals surface area (Å²) in [7, 11) is 0. The average molecular weight is 509 g/mol. The summed E-state index contributed by atoms with van der Waals surface area (Å²) in [6.45, 7) is 1.98. The van der Waals surface area contributed by atoms with E-state index < -0.39 is 0 Å². The van der Waals surface area contributed by atoms with Gasteiger partial charge in [0.25, 0.3) is 5.91 Å². The highest BCUT2D eigenvalue weighted by atomic mass is 127. The molecule has 0 fully saturated rings. The first-order chi connectivity index (χ1) is 9.47. The van der Waals surface area contributed by atoms with Crippen LogP contribution in [0, 0.1) is 3.57 Å². The summed E-state index contributed by atoms with van der Waals surface area (Å²) in [5.74, 6) is -0.0638. The van der Waals surface area contributed by atoms with Gasteiger partial charge in [0.1, 0.15) is 0 Å². The van der Waals surface area contributed by atoms with Crippen LogP contribution < -0.4 is 5.32 Å². The number of hydrogen-bond acceptors (Lipinski definition) is 1. The Balaban J connectivity index is 2.15. The van der Waals surface area contributed by atoms with E-state index >= 15 is 0 Å². The highest BCUT2D eigenvalue weighted by molar-refractivity contribution is 14.1. The molecule has 2 aromatic carbocycles. The van der Waals surface area contributed by atoms with Crippen molar-refractivity contribution in [3.8, 4) is 0 Å². The highest BCUT2D eigenvalue weighted by Crippen LogP contribution is 2.21. The fraction of sp³-hybridized carbons (Fsp3) is 0.133. The average Bonchev–Trinajstić information content (AvgIpc) is 2.42. The molecule has 0 unspecified atom stereocenters. The number of hydrogen-bond donors (Lipinski definition) is 1. The monoisotopic (exact) mass is 507 g/mol. The summed E-state index contributed by atoms with van der Waals surface area (Å²) >= 11 is 8.97. The SMILES string of the molecule is C[C@@H](NC(=O)c1cc(Br)ccc1I)c1ccc(Br)cc1. The zero-order valence-electron chi connectivity index (χ0n) is 10.7. The van der Waals surface area contributed by atoms with Crippen molar-refractivity contribution in [1.82, 2.24) is 5.32 Å². The number of halogens is 3. The van der Waals surface area contributed by atoms with E-state index in [1.807, 2.05) is 49.4 Å². The number of carbonyl (C=O) groups is 1. The van der Waals surface area contributed by atoms with E-state index in [9.17, 15) is 4.79 Å². The molecule has 0 aliphatic carbocycles. The fourth-order valence-corrected chi connectivity index (χ4v) is 2.99. The van der Waals surface area contributed by atoms with Crippen LogP contribution in [0.1, 0.15) is 28.9 Å². The molecule has 1 N–H and O–H groups in total. The molecule has 2 nitrogen and oxygen atoms in total. The van der Waals surface area contributed by atoms with E-state index in [0.29, 0.717) is 5.56 Å². The van der Waals surface area contributed by atoms with E-state index in [4.69, 9.17) is 0 Å². The maximum absolute atomic E-state index is 12.3. The quantitative estimate of drug-likeness (QED) is 0.560. The zero-order chi connectivity index (χ0) is 14.7. The van der Waals surface area contributed by atoms with Crippen molar-refractivity contribution in [1.29, 1.82) is 0 Å². The Labute approximate surface area is 148 Å². The number of amides is 1. The van der Waals surface area contributed by atoms with Gasteiger partial charge in [0, 0.05) is 12.5 Å². The molecule has 0 aliphatic heterocycles. The molecule has 0 saturated heterocycles. The van der Waals surface area contributed by atoms with Crippen molar-refractivity contribution < 1.29 is 4.79 Å². The Hall–Kier alpha value is -0.400. The largest absolute Gasteiger partial charge is 0.345 e. The zero-order valence-corrected chi connectivity index (χ0v) is 16.0. The summed E-state index contributed by atoms with van der Waals surface area (Å²) in [6.07, 6.45) is 0. The number of carbonyl (C=O) groups excluding carboxylic acids is 1. The lowest BCUT2D eigenvalue weighted by Gasteiger charge is -2.15. The van der Waals surface area contributed by atoms with Crippen LogP contribution in [-0.4, -0.2) is 5.91 Å². The normalized spacial score (nSPS) is 12.0. The molecule has 2 aromatic rings. The Kier molecular flexibility index (Phi) is 5.63. The predicted molar refractivity (Wildman–Crippen MR) is 96.9 cm³/mol. The molecule has 2 rings (SSSR count). The van der Waals surface area contributed by atoms with Crippen LogP contribution in [0.5, 0.6) is 0 Å². The third-order valence-electron chi connectivity index (χ3n) is 2.89. The molecule has 0 saturated carbocycles. The molecular formula is C15H12Br2INO. The maximum Gasteiger partial charge on any atom is 0.252 e. The second-order valence-electron chi connectivity index (χ2n) is 4.37. The van der Waals surface area contributed by atoms with Gasteiger partial charge < -0.3 is 5.32 Å². The van der Waals surface area contributed by atoms with Gasteiger partial charge in [-0.25, -0.2) is 0 Å². The lowest BCUT2D eigenvalue weighted by atomic mass is 10.1. The lowest BCUT2D eigenvalue weighted by Crippen LogP contribution is -2.27. The van der Waals surface area contributed by atoms with Crippen LogP contribution in [0.2, 0.25) is 0 Å². The van der Waals surface area contributed by atoms with E-state index in [2.05, 4.69) is 59.8 Å². The number of nitrogens with one attached hydrogen (secondary N) is 1. The maximum atomic E-state index is 12.3. The van der Waals surface area contributed by atoms with Gasteiger partial charge in [0.05, 0.1) is 11.6 Å². The van der Waals surface area contributed by atoms with Crippen molar-refractivity contribution in [2.75, 3.05) is 0 Å². The van der Waals surface area contributed by atoms with Crippen molar-refractivity contribution >= 4 is 60.4 Å². The first kappa shape index (κ1) is 16.0. The molecule has 0 heterocycles. The van der Waals surface area contributed by atoms with Gasteiger partial charge in [-0.1, -0.05) is 44.0 Å². The third kappa shape index (κ3) is 4.05. The van der Waals surface area contributed by atoms with Crippen LogP contribution in [0.4, 0.5) is 0 Å². The molecule has 5 heteroatoms. The van der Waals surface area contributed by atoms with Gasteiger partial charge in [-0.3, -0.25) is 4.79 Å². The molecular weight excluding hydrogens is 497 g/mol. The van der Waals surface area contributed by atoms with Gasteiger partial charge in [-0.2, -0.15) is 0 Å². The van der Waals surface area contributed by atoms with Crippen LogP contribution >= 0.6 is 54.5 Å². The summed E-state index contributed by atoms with van der Waals surface area (Å²) in [6, 6.07) is 13.6. The fourth-order valence-electron chi connectivity index (χ4n) is 1.78. The molecule has 0 aliphatic rings. The summed E-state index contributed by atoms with van der Waals surface area (Å²) in [5.41, 5.74) is 1.76. The van der Waals surface area contributed by atoms with Crippen LogP contribution in [0.3, 0.4) is 0 Å². The second kappa shape index (κ2) is 7.04. The van der Waals surface area contributed by atoms with Crippen LogP contribution in [0.25, 0.3) is 0 Å². The standard InChI is InChI=1S/C15H12Br2INO/c1-9(10-2-4-11(16)5-3-10)19-15(20)13-8-12(17)6-7-14(13)18/h2-9H,1H3,(H,19,20)/t9-/m1/s1. The van der Waals surface area contributed by atoms with Crippen molar-refractivity contribution in [2.45, 2.75) is 13.0 Å². The predicted octanol–water partition coefficient (Wildman–Crippen LogP) is 5.31. The summed E-state index contributed by atoms with van der Waals surface area (Å²) in [4.78, 5) is 12.3. The van der Waals surface area contributed by atoms with Crippen molar-refractivity contribution in [2.24, 2.45) is 0 Å². The van der Waals surface area contributed by atoms with Crippen molar-refractivity contribution in [3.05, 3.63) is 66.1 Å². The van der Waals surface area contributed by atoms with Gasteiger partial charge in [0.2, 0.25) is 0 Å². The first-order valence-corrected chi connectivity index (χ1v) is 8.65. The highest BCUT2D eigenvalue weighted by Gasteiger charge is 2.14. The second-order valence-corrected chi connectivity index (χ2v) is 7.36.